The maximum Gasteiger partial charge on any atom is 0.241 e. The van der Waals surface area contributed by atoms with Crippen LogP contribution in [0.2, 0.25) is 0 Å². The zero-order valence-electron chi connectivity index (χ0n) is 10.7. The van der Waals surface area contributed by atoms with Crippen molar-refractivity contribution in [3.05, 3.63) is 0 Å². The monoisotopic (exact) mass is 237 g/mol. The molecule has 0 bridgehead atoms. The molecule has 3 rings (SSSR count). The van der Waals surface area contributed by atoms with Crippen molar-refractivity contribution in [2.75, 3.05) is 19.8 Å². The second kappa shape index (κ2) is 4.58. The van der Waals surface area contributed by atoms with Gasteiger partial charge in [0.15, 0.2) is 0 Å². The largest absolute Gasteiger partial charge is 0.325 e. The number of rotatable bonds is 2. The first-order valence-corrected chi connectivity index (χ1v) is 7.07. The van der Waals surface area contributed by atoms with Crippen LogP contribution in [0.25, 0.3) is 0 Å². The lowest BCUT2D eigenvalue weighted by Crippen LogP contribution is -2.48. The Balaban J connectivity index is 1.64. The Morgan fingerprint density at radius 2 is 2.18 bits per heavy atom. The van der Waals surface area contributed by atoms with Crippen LogP contribution in [0.5, 0.6) is 0 Å². The molecule has 0 aromatic carbocycles. The fraction of sp³-hybridized carbons (Fsp3) is 0.923. The molecular weight excluding hydrogens is 214 g/mol. The fourth-order valence-electron chi connectivity index (χ4n) is 3.69. The molecule has 17 heavy (non-hydrogen) atoms. The molecule has 0 aromatic heterocycles. The Bertz CT molecular complexity index is 307. The molecule has 0 saturated carbocycles. The van der Waals surface area contributed by atoms with Crippen molar-refractivity contribution in [1.82, 2.24) is 15.1 Å². The van der Waals surface area contributed by atoms with E-state index in [2.05, 4.69) is 22.0 Å². The van der Waals surface area contributed by atoms with E-state index in [-0.39, 0.29) is 6.04 Å². The number of carbonyl (C=O) groups is 1. The van der Waals surface area contributed by atoms with Crippen LogP contribution in [0, 0.1) is 0 Å². The summed E-state index contributed by atoms with van der Waals surface area (Å²) >= 11 is 0. The van der Waals surface area contributed by atoms with E-state index in [1.165, 1.54) is 38.8 Å². The van der Waals surface area contributed by atoms with E-state index < -0.39 is 0 Å². The molecule has 3 atom stereocenters. The molecular formula is C13H23N3O. The standard InChI is InChI=1S/C13H23N3O/c1-2-12-13(17)16(9-14-12)11-5-7-15-6-3-4-10(15)8-11/h10-12,14H,2-9H2,1H3. The topological polar surface area (TPSA) is 35.6 Å². The van der Waals surface area contributed by atoms with Gasteiger partial charge in [0.25, 0.3) is 0 Å². The highest BCUT2D eigenvalue weighted by atomic mass is 16.2. The number of nitrogens with one attached hydrogen (secondary N) is 1. The summed E-state index contributed by atoms with van der Waals surface area (Å²) in [6.45, 7) is 5.32. The molecule has 3 fully saturated rings. The molecule has 1 N–H and O–H groups in total. The van der Waals surface area contributed by atoms with Crippen molar-refractivity contribution in [2.45, 2.75) is 57.2 Å². The molecule has 4 nitrogen and oxygen atoms in total. The van der Waals surface area contributed by atoms with Gasteiger partial charge in [-0.15, -0.1) is 0 Å². The van der Waals surface area contributed by atoms with Crippen LogP contribution in [0.1, 0.15) is 39.0 Å². The number of nitrogens with zero attached hydrogens (tertiary/aromatic N) is 2. The van der Waals surface area contributed by atoms with Gasteiger partial charge in [-0.25, -0.2) is 0 Å². The van der Waals surface area contributed by atoms with E-state index in [9.17, 15) is 4.79 Å². The van der Waals surface area contributed by atoms with Crippen molar-refractivity contribution in [2.24, 2.45) is 0 Å². The van der Waals surface area contributed by atoms with Crippen LogP contribution < -0.4 is 5.32 Å². The van der Waals surface area contributed by atoms with Crippen molar-refractivity contribution in [3.63, 3.8) is 0 Å². The SMILES string of the molecule is CCC1NCN(C2CCN3CCCC3C2)C1=O. The van der Waals surface area contributed by atoms with Crippen LogP contribution in [0.15, 0.2) is 0 Å². The Labute approximate surface area is 103 Å². The number of hydrogen-bond acceptors (Lipinski definition) is 3. The van der Waals surface area contributed by atoms with E-state index >= 15 is 0 Å². The first kappa shape index (κ1) is 11.5. The Hall–Kier alpha value is -0.610. The predicted octanol–water partition coefficient (Wildman–Crippen LogP) is 0.781. The lowest BCUT2D eigenvalue weighted by molar-refractivity contribution is -0.132. The van der Waals surface area contributed by atoms with Gasteiger partial charge in [-0.2, -0.15) is 0 Å². The van der Waals surface area contributed by atoms with Gasteiger partial charge in [-0.1, -0.05) is 6.92 Å². The highest BCUT2D eigenvalue weighted by molar-refractivity contribution is 5.84. The molecule has 0 aromatic rings. The molecule has 3 aliphatic rings. The highest BCUT2D eigenvalue weighted by Gasteiger charge is 2.39. The second-order valence-corrected chi connectivity index (χ2v) is 5.64. The minimum Gasteiger partial charge on any atom is -0.325 e. The van der Waals surface area contributed by atoms with Crippen LogP contribution in [0.3, 0.4) is 0 Å². The van der Waals surface area contributed by atoms with Gasteiger partial charge in [0.05, 0.1) is 12.7 Å². The molecule has 0 aliphatic carbocycles. The maximum absolute atomic E-state index is 12.2. The quantitative estimate of drug-likeness (QED) is 0.771. The van der Waals surface area contributed by atoms with E-state index in [0.717, 1.165) is 19.1 Å². The van der Waals surface area contributed by atoms with Crippen molar-refractivity contribution < 1.29 is 4.79 Å². The zero-order valence-corrected chi connectivity index (χ0v) is 10.7. The lowest BCUT2D eigenvalue weighted by Gasteiger charge is -2.38. The van der Waals surface area contributed by atoms with Crippen molar-refractivity contribution in [3.8, 4) is 0 Å². The average Bonchev–Trinajstić information content (AvgIpc) is 2.94. The number of fused-ring (bicyclic) bond motifs is 1. The summed E-state index contributed by atoms with van der Waals surface area (Å²) in [5.74, 6) is 0.337. The van der Waals surface area contributed by atoms with Gasteiger partial charge in [0, 0.05) is 18.6 Å². The number of piperidine rings is 1. The van der Waals surface area contributed by atoms with Crippen molar-refractivity contribution >= 4 is 5.91 Å². The summed E-state index contributed by atoms with van der Waals surface area (Å²) < 4.78 is 0. The first-order valence-electron chi connectivity index (χ1n) is 7.07. The molecule has 0 radical (unpaired) electrons. The third kappa shape index (κ3) is 1.97. The zero-order chi connectivity index (χ0) is 11.8. The van der Waals surface area contributed by atoms with Crippen LogP contribution in [0.4, 0.5) is 0 Å². The van der Waals surface area contributed by atoms with Crippen LogP contribution in [-0.4, -0.2) is 53.6 Å². The maximum atomic E-state index is 12.2. The van der Waals surface area contributed by atoms with Crippen LogP contribution in [-0.2, 0) is 4.79 Å². The van der Waals surface area contributed by atoms with E-state index in [1.54, 1.807) is 0 Å². The van der Waals surface area contributed by atoms with Gasteiger partial charge >= 0.3 is 0 Å². The molecule has 4 heteroatoms. The summed E-state index contributed by atoms with van der Waals surface area (Å²) in [7, 11) is 0. The molecule has 3 aliphatic heterocycles. The number of amides is 1. The van der Waals surface area contributed by atoms with E-state index in [0.29, 0.717) is 11.9 Å². The Morgan fingerprint density at radius 1 is 1.29 bits per heavy atom. The molecule has 0 spiro atoms. The Morgan fingerprint density at radius 3 is 2.94 bits per heavy atom. The van der Waals surface area contributed by atoms with Crippen LogP contribution >= 0.6 is 0 Å². The normalized spacial score (nSPS) is 38.8. The smallest absolute Gasteiger partial charge is 0.241 e. The number of hydrogen-bond donors (Lipinski definition) is 1. The minimum atomic E-state index is 0.0802. The summed E-state index contributed by atoms with van der Waals surface area (Å²) in [6, 6.07) is 1.32. The second-order valence-electron chi connectivity index (χ2n) is 5.64. The van der Waals surface area contributed by atoms with Gasteiger partial charge in [0.2, 0.25) is 5.91 Å². The summed E-state index contributed by atoms with van der Waals surface area (Å²) in [5, 5.41) is 3.33. The number of carbonyl (C=O) groups excluding carboxylic acids is 1. The highest BCUT2D eigenvalue weighted by Crippen LogP contribution is 2.30. The lowest BCUT2D eigenvalue weighted by atomic mass is 9.96. The first-order chi connectivity index (χ1) is 8.29. The molecule has 3 saturated heterocycles. The van der Waals surface area contributed by atoms with E-state index in [1.807, 2.05) is 0 Å². The summed E-state index contributed by atoms with van der Waals surface area (Å²) in [4.78, 5) is 16.9. The average molecular weight is 237 g/mol. The summed E-state index contributed by atoms with van der Waals surface area (Å²) in [5.41, 5.74) is 0. The fourth-order valence-corrected chi connectivity index (χ4v) is 3.69. The van der Waals surface area contributed by atoms with Crippen molar-refractivity contribution in [1.29, 1.82) is 0 Å². The van der Waals surface area contributed by atoms with Gasteiger partial charge in [-0.05, 0) is 38.6 Å². The molecule has 3 unspecified atom stereocenters. The molecule has 3 heterocycles. The third-order valence-corrected chi connectivity index (χ3v) is 4.73. The van der Waals surface area contributed by atoms with E-state index in [4.69, 9.17) is 0 Å². The van der Waals surface area contributed by atoms with Gasteiger partial charge in [-0.3, -0.25) is 10.1 Å². The Kier molecular flexibility index (Phi) is 3.09. The van der Waals surface area contributed by atoms with Gasteiger partial charge < -0.3 is 9.80 Å². The minimum absolute atomic E-state index is 0.0802. The predicted molar refractivity (Wildman–Crippen MR) is 66.5 cm³/mol. The third-order valence-electron chi connectivity index (χ3n) is 4.73. The molecule has 96 valence electrons. The van der Waals surface area contributed by atoms with Gasteiger partial charge in [0.1, 0.15) is 0 Å². The summed E-state index contributed by atoms with van der Waals surface area (Å²) in [6.07, 6.45) is 5.96. The molecule has 1 amide bonds.